The van der Waals surface area contributed by atoms with Crippen molar-refractivity contribution in [1.29, 1.82) is 5.41 Å². The molecular weight excluding hydrogens is 272 g/mol. The Labute approximate surface area is 128 Å². The maximum absolute atomic E-state index is 9.71. The van der Waals surface area contributed by atoms with Crippen molar-refractivity contribution >= 4 is 16.6 Å². The molecule has 0 saturated carbocycles. The summed E-state index contributed by atoms with van der Waals surface area (Å²) >= 11 is 0. The average molecular weight is 286 g/mol. The van der Waals surface area contributed by atoms with E-state index in [1.54, 1.807) is 18.2 Å². The number of fused-ring (bicyclic) bond motifs is 1. The van der Waals surface area contributed by atoms with Gasteiger partial charge in [0.2, 0.25) is 0 Å². The predicted octanol–water partition coefficient (Wildman–Crippen LogP) is 3.23. The summed E-state index contributed by atoms with van der Waals surface area (Å²) in [5, 5.41) is 19.2. The first-order chi connectivity index (χ1) is 10.6. The molecule has 0 bridgehead atoms. The van der Waals surface area contributed by atoms with Gasteiger partial charge in [0.15, 0.2) is 0 Å². The standard InChI is InChI=1S/C19H14N2O/c20-19(21)17-10-9-15-11-13(6-8-16(15)12-17)5-7-14-3-1-2-4-18(14)22/h1-4,6,8-12,22H,(H3,20,21). The van der Waals surface area contributed by atoms with Crippen LogP contribution < -0.4 is 5.73 Å². The molecule has 0 aliphatic carbocycles. The minimum absolute atomic E-state index is 0.0605. The number of phenolic OH excluding ortho intramolecular Hbond substituents is 1. The minimum atomic E-state index is 0.0605. The Bertz CT molecular complexity index is 933. The zero-order chi connectivity index (χ0) is 15.5. The summed E-state index contributed by atoms with van der Waals surface area (Å²) in [5.41, 5.74) is 7.68. The minimum Gasteiger partial charge on any atom is -0.507 e. The van der Waals surface area contributed by atoms with Crippen LogP contribution in [0.3, 0.4) is 0 Å². The summed E-state index contributed by atoms with van der Waals surface area (Å²) in [6.07, 6.45) is 0. The third kappa shape index (κ3) is 2.77. The number of nitrogen functional groups attached to an aromatic ring is 1. The topological polar surface area (TPSA) is 70.1 Å². The van der Waals surface area contributed by atoms with Crippen molar-refractivity contribution in [3.05, 3.63) is 77.4 Å². The number of nitrogens with two attached hydrogens (primary N) is 1. The quantitative estimate of drug-likeness (QED) is 0.365. The predicted molar refractivity (Wildman–Crippen MR) is 89.1 cm³/mol. The van der Waals surface area contributed by atoms with Gasteiger partial charge in [-0.3, -0.25) is 5.41 Å². The largest absolute Gasteiger partial charge is 0.507 e. The van der Waals surface area contributed by atoms with E-state index in [9.17, 15) is 5.11 Å². The normalized spacial score (nSPS) is 10.0. The summed E-state index contributed by atoms with van der Waals surface area (Å²) in [4.78, 5) is 0. The van der Waals surface area contributed by atoms with E-state index in [1.165, 1.54) is 0 Å². The first-order valence-electron chi connectivity index (χ1n) is 6.82. The molecule has 3 rings (SSSR count). The highest BCUT2D eigenvalue weighted by atomic mass is 16.3. The van der Waals surface area contributed by atoms with Crippen LogP contribution in [0.25, 0.3) is 10.8 Å². The monoisotopic (exact) mass is 286 g/mol. The highest BCUT2D eigenvalue weighted by molar-refractivity contribution is 5.99. The van der Waals surface area contributed by atoms with E-state index < -0.39 is 0 Å². The molecule has 0 saturated heterocycles. The third-order valence-corrected chi connectivity index (χ3v) is 3.40. The van der Waals surface area contributed by atoms with Crippen molar-refractivity contribution in [1.82, 2.24) is 0 Å². The molecule has 22 heavy (non-hydrogen) atoms. The Kier molecular flexibility index (Phi) is 3.51. The van der Waals surface area contributed by atoms with Crippen LogP contribution in [-0.2, 0) is 0 Å². The van der Waals surface area contributed by atoms with E-state index in [1.807, 2.05) is 42.5 Å². The first kappa shape index (κ1) is 13.7. The number of hydrogen-bond donors (Lipinski definition) is 3. The van der Waals surface area contributed by atoms with Crippen molar-refractivity contribution in [2.45, 2.75) is 0 Å². The van der Waals surface area contributed by atoms with Gasteiger partial charge in [-0.1, -0.05) is 42.2 Å². The van der Waals surface area contributed by atoms with Gasteiger partial charge in [0, 0.05) is 11.1 Å². The van der Waals surface area contributed by atoms with Gasteiger partial charge in [0.25, 0.3) is 0 Å². The fourth-order valence-corrected chi connectivity index (χ4v) is 2.21. The summed E-state index contributed by atoms with van der Waals surface area (Å²) in [6.45, 7) is 0. The molecular formula is C19H14N2O. The van der Waals surface area contributed by atoms with Gasteiger partial charge in [-0.15, -0.1) is 0 Å². The zero-order valence-corrected chi connectivity index (χ0v) is 11.8. The van der Waals surface area contributed by atoms with Crippen molar-refractivity contribution in [3.8, 4) is 17.6 Å². The molecule has 0 aliphatic heterocycles. The lowest BCUT2D eigenvalue weighted by Gasteiger charge is -2.02. The van der Waals surface area contributed by atoms with Crippen LogP contribution in [0.5, 0.6) is 5.75 Å². The lowest BCUT2D eigenvalue weighted by atomic mass is 10.0. The number of rotatable bonds is 1. The van der Waals surface area contributed by atoms with E-state index in [-0.39, 0.29) is 11.6 Å². The van der Waals surface area contributed by atoms with Gasteiger partial charge in [0.1, 0.15) is 11.6 Å². The number of hydrogen-bond acceptors (Lipinski definition) is 2. The lowest BCUT2D eigenvalue weighted by Crippen LogP contribution is -2.10. The number of benzene rings is 3. The van der Waals surface area contributed by atoms with Gasteiger partial charge in [0.05, 0.1) is 5.56 Å². The molecule has 3 aromatic carbocycles. The van der Waals surface area contributed by atoms with E-state index in [2.05, 4.69) is 11.8 Å². The molecule has 0 unspecified atom stereocenters. The lowest BCUT2D eigenvalue weighted by molar-refractivity contribution is 0.473. The second-order valence-corrected chi connectivity index (χ2v) is 4.96. The molecule has 0 aromatic heterocycles. The van der Waals surface area contributed by atoms with Crippen molar-refractivity contribution in [2.24, 2.45) is 5.73 Å². The SMILES string of the molecule is N=C(N)c1ccc2cc(C#Cc3ccccc3O)ccc2c1. The van der Waals surface area contributed by atoms with Crippen molar-refractivity contribution in [3.63, 3.8) is 0 Å². The van der Waals surface area contributed by atoms with E-state index in [4.69, 9.17) is 11.1 Å². The third-order valence-electron chi connectivity index (χ3n) is 3.40. The average Bonchev–Trinajstić information content (AvgIpc) is 2.53. The number of amidine groups is 1. The van der Waals surface area contributed by atoms with E-state index in [0.717, 1.165) is 16.3 Å². The fraction of sp³-hybridized carbons (Fsp3) is 0. The Morgan fingerprint density at radius 2 is 1.64 bits per heavy atom. The van der Waals surface area contributed by atoms with Crippen LogP contribution in [-0.4, -0.2) is 10.9 Å². The molecule has 0 spiro atoms. The summed E-state index contributed by atoms with van der Waals surface area (Å²) in [7, 11) is 0. The van der Waals surface area contributed by atoms with Crippen molar-refractivity contribution in [2.75, 3.05) is 0 Å². The van der Waals surface area contributed by atoms with Gasteiger partial charge in [-0.25, -0.2) is 0 Å². The van der Waals surface area contributed by atoms with Crippen LogP contribution in [0.4, 0.5) is 0 Å². The number of aromatic hydroxyl groups is 1. The summed E-state index contributed by atoms with van der Waals surface area (Å²) in [5.74, 6) is 6.27. The Morgan fingerprint density at radius 1 is 0.909 bits per heavy atom. The Morgan fingerprint density at radius 3 is 2.41 bits per heavy atom. The van der Waals surface area contributed by atoms with Gasteiger partial charge >= 0.3 is 0 Å². The molecule has 0 atom stereocenters. The second kappa shape index (κ2) is 5.63. The Balaban J connectivity index is 1.98. The molecule has 0 aliphatic rings. The van der Waals surface area contributed by atoms with Gasteiger partial charge in [-0.05, 0) is 41.1 Å². The van der Waals surface area contributed by atoms with Gasteiger partial charge < -0.3 is 10.8 Å². The highest BCUT2D eigenvalue weighted by Crippen LogP contribution is 2.18. The van der Waals surface area contributed by atoms with E-state index in [0.29, 0.717) is 11.1 Å². The molecule has 0 radical (unpaired) electrons. The molecule has 0 heterocycles. The Hall–Kier alpha value is -3.25. The maximum Gasteiger partial charge on any atom is 0.131 e. The molecule has 4 N–H and O–H groups in total. The van der Waals surface area contributed by atoms with Crippen LogP contribution in [0, 0.1) is 17.3 Å². The summed E-state index contributed by atoms with van der Waals surface area (Å²) in [6, 6.07) is 18.5. The van der Waals surface area contributed by atoms with Crippen LogP contribution >= 0.6 is 0 Å². The molecule has 3 nitrogen and oxygen atoms in total. The molecule has 3 heteroatoms. The first-order valence-corrected chi connectivity index (χ1v) is 6.82. The molecule has 106 valence electrons. The maximum atomic E-state index is 9.71. The number of para-hydroxylation sites is 1. The molecule has 0 amide bonds. The van der Waals surface area contributed by atoms with Crippen LogP contribution in [0.15, 0.2) is 60.7 Å². The number of phenols is 1. The van der Waals surface area contributed by atoms with Crippen LogP contribution in [0.2, 0.25) is 0 Å². The fourth-order valence-electron chi connectivity index (χ4n) is 2.21. The number of nitrogens with one attached hydrogen (secondary N) is 1. The van der Waals surface area contributed by atoms with Gasteiger partial charge in [-0.2, -0.15) is 0 Å². The van der Waals surface area contributed by atoms with Crippen molar-refractivity contribution < 1.29 is 5.11 Å². The summed E-state index contributed by atoms with van der Waals surface area (Å²) < 4.78 is 0. The van der Waals surface area contributed by atoms with E-state index >= 15 is 0 Å². The second-order valence-electron chi connectivity index (χ2n) is 4.96. The highest BCUT2D eigenvalue weighted by Gasteiger charge is 2.00. The molecule has 3 aromatic rings. The van der Waals surface area contributed by atoms with Crippen LogP contribution in [0.1, 0.15) is 16.7 Å². The molecule has 0 fully saturated rings. The smallest absolute Gasteiger partial charge is 0.131 e. The zero-order valence-electron chi connectivity index (χ0n) is 11.8.